The lowest BCUT2D eigenvalue weighted by molar-refractivity contribution is 0.00556. The monoisotopic (exact) mass is 518 g/mol. The van der Waals surface area contributed by atoms with Crippen LogP contribution in [0, 0.1) is 5.92 Å². The molecule has 0 spiro atoms. The van der Waals surface area contributed by atoms with Crippen molar-refractivity contribution < 1.29 is 9.53 Å². The summed E-state index contributed by atoms with van der Waals surface area (Å²) in [7, 11) is 1.60. The third-order valence-electron chi connectivity index (χ3n) is 7.93. The Bertz CT molecular complexity index is 1040. The normalized spacial score (nSPS) is 24.9. The third-order valence-corrected chi connectivity index (χ3v) is 8.74. The second kappa shape index (κ2) is 11.0. The number of rotatable bonds is 6. The van der Waals surface area contributed by atoms with Crippen molar-refractivity contribution in [2.75, 3.05) is 38.6 Å². The number of piperazine rings is 1. The van der Waals surface area contributed by atoms with Gasteiger partial charge < -0.3 is 20.7 Å². The number of carbonyl (C=O) groups excluding carboxylic acids is 1. The molecule has 0 aromatic heterocycles. The van der Waals surface area contributed by atoms with Gasteiger partial charge in [0.05, 0.1) is 22.8 Å². The molecular formula is C27H36Cl2N4O2. The maximum Gasteiger partial charge on any atom is 0.319 e. The fourth-order valence-electron chi connectivity index (χ4n) is 5.79. The maximum absolute atomic E-state index is 12.9. The van der Waals surface area contributed by atoms with E-state index in [1.807, 2.05) is 36.4 Å². The van der Waals surface area contributed by atoms with E-state index in [1.54, 1.807) is 7.11 Å². The number of anilines is 1. The molecule has 6 nitrogen and oxygen atoms in total. The van der Waals surface area contributed by atoms with Crippen molar-refractivity contribution >= 4 is 34.9 Å². The van der Waals surface area contributed by atoms with E-state index in [9.17, 15) is 4.79 Å². The zero-order valence-corrected chi connectivity index (χ0v) is 22.3. The van der Waals surface area contributed by atoms with Crippen molar-refractivity contribution in [2.24, 2.45) is 5.92 Å². The Morgan fingerprint density at radius 2 is 1.80 bits per heavy atom. The lowest BCUT2D eigenvalue weighted by Crippen LogP contribution is -2.58. The van der Waals surface area contributed by atoms with E-state index in [0.29, 0.717) is 27.4 Å². The number of halogens is 2. The first-order valence-corrected chi connectivity index (χ1v) is 13.1. The topological polar surface area (TPSA) is 65.6 Å². The van der Waals surface area contributed by atoms with Gasteiger partial charge in [0.1, 0.15) is 5.75 Å². The van der Waals surface area contributed by atoms with Crippen molar-refractivity contribution in [3.8, 4) is 5.75 Å². The highest BCUT2D eigenvalue weighted by Crippen LogP contribution is 2.48. The molecule has 0 bridgehead atoms. The molecular weight excluding hydrogens is 483 g/mol. The van der Waals surface area contributed by atoms with E-state index >= 15 is 0 Å². The molecule has 4 rings (SSSR count). The average Bonchev–Trinajstić information content (AvgIpc) is 2.86. The summed E-state index contributed by atoms with van der Waals surface area (Å²) in [5.74, 6) is 1.03. The number of benzene rings is 2. The van der Waals surface area contributed by atoms with Crippen LogP contribution in [0.15, 0.2) is 42.5 Å². The van der Waals surface area contributed by atoms with Crippen LogP contribution in [0.25, 0.3) is 0 Å². The van der Waals surface area contributed by atoms with Crippen molar-refractivity contribution in [2.45, 2.75) is 50.6 Å². The Labute approximate surface area is 218 Å². The lowest BCUT2D eigenvalue weighted by atomic mass is 9.67. The van der Waals surface area contributed by atoms with Crippen LogP contribution in [0.3, 0.4) is 0 Å². The summed E-state index contributed by atoms with van der Waals surface area (Å²) in [6.45, 7) is 8.32. The first-order chi connectivity index (χ1) is 16.8. The molecule has 0 radical (unpaired) electrons. The summed E-state index contributed by atoms with van der Waals surface area (Å²) < 4.78 is 5.36. The molecule has 2 aromatic carbocycles. The summed E-state index contributed by atoms with van der Waals surface area (Å²) >= 11 is 13.3. The molecule has 1 unspecified atom stereocenters. The maximum atomic E-state index is 12.9. The zero-order valence-electron chi connectivity index (χ0n) is 20.8. The minimum absolute atomic E-state index is 0.210. The molecule has 1 atom stereocenters. The quantitative estimate of drug-likeness (QED) is 0.445. The Balaban J connectivity index is 1.49. The van der Waals surface area contributed by atoms with Crippen LogP contribution < -0.4 is 20.7 Å². The summed E-state index contributed by atoms with van der Waals surface area (Å²) in [5.41, 5.74) is 1.24. The van der Waals surface area contributed by atoms with Gasteiger partial charge in [-0.1, -0.05) is 47.5 Å². The molecule has 1 saturated carbocycles. The van der Waals surface area contributed by atoms with Gasteiger partial charge in [-0.2, -0.15) is 0 Å². The second-order valence-corrected chi connectivity index (χ2v) is 10.9. The number of nitrogens with zero attached hydrogens (tertiary/aromatic N) is 1. The highest BCUT2D eigenvalue weighted by molar-refractivity contribution is 6.42. The summed E-state index contributed by atoms with van der Waals surface area (Å²) in [6, 6.07) is 13.2. The second-order valence-electron chi connectivity index (χ2n) is 10.1. The molecule has 2 aliphatic rings. The van der Waals surface area contributed by atoms with E-state index < -0.39 is 0 Å². The van der Waals surface area contributed by atoms with Crippen LogP contribution in [0.4, 0.5) is 10.5 Å². The number of nitrogens with one attached hydrogen (secondary N) is 3. The molecule has 35 heavy (non-hydrogen) atoms. The number of hydrogen-bond acceptors (Lipinski definition) is 4. The molecule has 1 saturated heterocycles. The predicted octanol–water partition coefficient (Wildman–Crippen LogP) is 5.89. The lowest BCUT2D eigenvalue weighted by Gasteiger charge is -2.52. The fourth-order valence-corrected chi connectivity index (χ4v) is 6.28. The highest BCUT2D eigenvalue weighted by Gasteiger charge is 2.46. The number of amides is 2. The molecule has 1 aliphatic carbocycles. The smallest absolute Gasteiger partial charge is 0.319 e. The van der Waals surface area contributed by atoms with Gasteiger partial charge in [-0.3, -0.25) is 4.90 Å². The van der Waals surface area contributed by atoms with Crippen LogP contribution in [0.1, 0.15) is 45.1 Å². The molecule has 3 N–H and O–H groups in total. The molecule has 190 valence electrons. The molecule has 2 fully saturated rings. The van der Waals surface area contributed by atoms with Crippen LogP contribution in [-0.4, -0.2) is 49.8 Å². The number of hydrogen-bond donors (Lipinski definition) is 3. The van der Waals surface area contributed by atoms with Gasteiger partial charge in [-0.25, -0.2) is 4.79 Å². The van der Waals surface area contributed by atoms with Gasteiger partial charge in [0.15, 0.2) is 0 Å². The standard InChI is InChI=1S/C27H36Cl2N4O2/c1-26(32-25(34)31-22-9-4-5-10-23(22)35-3)13-11-19(12-14-26)27(2,33-17-15-30-16-18-33)20-7-6-8-21(28)24(20)29/h4-10,19,30H,11-18H2,1-3H3,(H2,31,32,34). The Hall–Kier alpha value is -1.99. The van der Waals surface area contributed by atoms with E-state index in [0.717, 1.165) is 57.4 Å². The summed E-state index contributed by atoms with van der Waals surface area (Å²) in [5, 5.41) is 10.9. The first-order valence-electron chi connectivity index (χ1n) is 12.4. The fraction of sp³-hybridized carbons (Fsp3) is 0.519. The largest absolute Gasteiger partial charge is 0.495 e. The van der Waals surface area contributed by atoms with Crippen LogP contribution >= 0.6 is 23.2 Å². The Morgan fingerprint density at radius 3 is 2.49 bits per heavy atom. The van der Waals surface area contributed by atoms with Crippen LogP contribution in [-0.2, 0) is 5.54 Å². The van der Waals surface area contributed by atoms with Gasteiger partial charge in [-0.05, 0) is 69.2 Å². The minimum atomic E-state index is -0.287. The molecule has 8 heteroatoms. The van der Waals surface area contributed by atoms with Gasteiger partial charge >= 0.3 is 6.03 Å². The Kier molecular flexibility index (Phi) is 8.16. The number of para-hydroxylation sites is 2. The average molecular weight is 520 g/mol. The van der Waals surface area contributed by atoms with Crippen molar-refractivity contribution in [3.05, 3.63) is 58.1 Å². The van der Waals surface area contributed by atoms with E-state index in [-0.39, 0.29) is 17.1 Å². The molecule has 2 aromatic rings. The predicted molar refractivity (Wildman–Crippen MR) is 144 cm³/mol. The minimum Gasteiger partial charge on any atom is -0.495 e. The van der Waals surface area contributed by atoms with Crippen molar-refractivity contribution in [1.29, 1.82) is 0 Å². The molecule has 1 heterocycles. The number of methoxy groups -OCH3 is 1. The SMILES string of the molecule is COc1ccccc1NC(=O)NC1(C)CCC(C(C)(c2cccc(Cl)c2Cl)N2CCNCC2)CC1. The van der Waals surface area contributed by atoms with E-state index in [4.69, 9.17) is 27.9 Å². The van der Waals surface area contributed by atoms with Crippen LogP contribution in [0.5, 0.6) is 5.75 Å². The number of urea groups is 1. The highest BCUT2D eigenvalue weighted by atomic mass is 35.5. The summed E-state index contributed by atoms with van der Waals surface area (Å²) in [6.07, 6.45) is 3.73. The van der Waals surface area contributed by atoms with Gasteiger partial charge in [0, 0.05) is 37.3 Å². The number of carbonyl (C=O) groups is 1. The summed E-state index contributed by atoms with van der Waals surface area (Å²) in [4.78, 5) is 15.4. The van der Waals surface area contributed by atoms with Gasteiger partial charge in [-0.15, -0.1) is 0 Å². The van der Waals surface area contributed by atoms with Gasteiger partial charge in [0.25, 0.3) is 0 Å². The third kappa shape index (κ3) is 5.56. The number of ether oxygens (including phenoxy) is 1. The molecule has 1 aliphatic heterocycles. The Morgan fingerprint density at radius 1 is 1.11 bits per heavy atom. The van der Waals surface area contributed by atoms with Crippen molar-refractivity contribution in [1.82, 2.24) is 15.5 Å². The van der Waals surface area contributed by atoms with Crippen LogP contribution in [0.2, 0.25) is 10.0 Å². The molecule has 2 amide bonds. The van der Waals surface area contributed by atoms with E-state index in [2.05, 4.69) is 40.8 Å². The van der Waals surface area contributed by atoms with E-state index in [1.165, 1.54) is 0 Å². The first kappa shape index (κ1) is 26.1. The van der Waals surface area contributed by atoms with Crippen molar-refractivity contribution in [3.63, 3.8) is 0 Å². The zero-order chi connectivity index (χ0) is 25.1. The van der Waals surface area contributed by atoms with Gasteiger partial charge in [0.2, 0.25) is 0 Å².